The van der Waals surface area contributed by atoms with Gasteiger partial charge in [0.25, 0.3) is 0 Å². The third-order valence-corrected chi connectivity index (χ3v) is 4.10. The number of aromatic nitrogens is 4. The highest BCUT2D eigenvalue weighted by Crippen LogP contribution is 2.20. The zero-order valence-electron chi connectivity index (χ0n) is 12.1. The van der Waals surface area contributed by atoms with E-state index in [1.807, 2.05) is 29.5 Å². The van der Waals surface area contributed by atoms with Crippen molar-refractivity contribution in [2.24, 2.45) is 7.05 Å². The lowest BCUT2D eigenvalue weighted by Gasteiger charge is -2.03. The molecule has 0 aliphatic carbocycles. The molecule has 0 fully saturated rings. The number of methoxy groups -OCH3 is 1. The number of halogens is 1. The van der Waals surface area contributed by atoms with Crippen LogP contribution in [0.15, 0.2) is 16.9 Å². The number of nitrogens with zero attached hydrogens (tertiary/aromatic N) is 4. The Morgan fingerprint density at radius 1 is 1.45 bits per heavy atom. The minimum absolute atomic E-state index is 0.704. The quantitative estimate of drug-likeness (QED) is 0.775. The lowest BCUT2D eigenvalue weighted by atomic mass is 10.3. The van der Waals surface area contributed by atoms with Crippen LogP contribution in [0.25, 0.3) is 0 Å². The largest absolute Gasteiger partial charge is 0.383 e. The van der Waals surface area contributed by atoms with Gasteiger partial charge in [0.15, 0.2) is 0 Å². The molecule has 0 spiro atoms. The highest BCUT2D eigenvalue weighted by molar-refractivity contribution is 9.10. The Morgan fingerprint density at radius 3 is 2.90 bits per heavy atom. The first-order valence-electron chi connectivity index (χ1n) is 6.50. The number of nitrogens with one attached hydrogen (secondary N) is 1. The van der Waals surface area contributed by atoms with Gasteiger partial charge < -0.3 is 10.1 Å². The smallest absolute Gasteiger partial charge is 0.0839 e. The Kier molecular flexibility index (Phi) is 5.33. The normalized spacial score (nSPS) is 11.2. The fraction of sp³-hybridized carbons (Fsp3) is 0.538. The molecule has 2 aromatic rings. The molecule has 6 nitrogen and oxygen atoms in total. The maximum absolute atomic E-state index is 4.99. The van der Waals surface area contributed by atoms with Crippen LogP contribution in [0.1, 0.15) is 17.0 Å². The van der Waals surface area contributed by atoms with Crippen molar-refractivity contribution in [3.8, 4) is 0 Å². The summed E-state index contributed by atoms with van der Waals surface area (Å²) in [6.07, 6.45) is 3.94. The van der Waals surface area contributed by atoms with Gasteiger partial charge in [-0.1, -0.05) is 0 Å². The zero-order chi connectivity index (χ0) is 14.5. The van der Waals surface area contributed by atoms with E-state index in [9.17, 15) is 0 Å². The summed E-state index contributed by atoms with van der Waals surface area (Å²) in [6, 6.07) is 0. The van der Waals surface area contributed by atoms with Crippen molar-refractivity contribution in [2.75, 3.05) is 20.3 Å². The molecule has 0 unspecified atom stereocenters. The SMILES string of the molecule is COCCNCc1cnn(Cc2c(Br)c(C)nn2C)c1. The summed E-state index contributed by atoms with van der Waals surface area (Å²) in [7, 11) is 3.65. The summed E-state index contributed by atoms with van der Waals surface area (Å²) in [5, 5.41) is 12.1. The lowest BCUT2D eigenvalue weighted by Crippen LogP contribution is -2.18. The van der Waals surface area contributed by atoms with Gasteiger partial charge in [-0.3, -0.25) is 9.36 Å². The van der Waals surface area contributed by atoms with Crippen LogP contribution in [-0.4, -0.2) is 39.8 Å². The number of hydrogen-bond acceptors (Lipinski definition) is 4. The molecular weight excluding hydrogens is 322 g/mol. The highest BCUT2D eigenvalue weighted by Gasteiger charge is 2.11. The van der Waals surface area contributed by atoms with Gasteiger partial charge in [0.1, 0.15) is 0 Å². The van der Waals surface area contributed by atoms with Gasteiger partial charge in [0, 0.05) is 39.0 Å². The van der Waals surface area contributed by atoms with Crippen LogP contribution in [0.4, 0.5) is 0 Å². The van der Waals surface area contributed by atoms with Crippen LogP contribution in [0.3, 0.4) is 0 Å². The second-order valence-electron chi connectivity index (χ2n) is 4.69. The van der Waals surface area contributed by atoms with Gasteiger partial charge in [-0.2, -0.15) is 10.2 Å². The lowest BCUT2D eigenvalue weighted by molar-refractivity contribution is 0.199. The zero-order valence-corrected chi connectivity index (χ0v) is 13.6. The predicted molar refractivity (Wildman–Crippen MR) is 80.6 cm³/mol. The molecule has 110 valence electrons. The third kappa shape index (κ3) is 3.68. The van der Waals surface area contributed by atoms with E-state index in [0.29, 0.717) is 6.54 Å². The van der Waals surface area contributed by atoms with E-state index >= 15 is 0 Å². The Hall–Kier alpha value is -1.18. The Morgan fingerprint density at radius 2 is 2.25 bits per heavy atom. The van der Waals surface area contributed by atoms with Crippen molar-refractivity contribution in [1.82, 2.24) is 24.9 Å². The van der Waals surface area contributed by atoms with Crippen molar-refractivity contribution in [1.29, 1.82) is 0 Å². The van der Waals surface area contributed by atoms with Crippen molar-refractivity contribution >= 4 is 15.9 Å². The number of aryl methyl sites for hydroxylation is 2. The molecule has 7 heteroatoms. The van der Waals surface area contributed by atoms with Gasteiger partial charge >= 0.3 is 0 Å². The molecule has 0 bridgehead atoms. The van der Waals surface area contributed by atoms with E-state index in [0.717, 1.165) is 41.1 Å². The van der Waals surface area contributed by atoms with Crippen LogP contribution in [0, 0.1) is 6.92 Å². The minimum Gasteiger partial charge on any atom is -0.383 e. The molecule has 0 saturated heterocycles. The number of ether oxygens (including phenoxy) is 1. The van der Waals surface area contributed by atoms with E-state index < -0.39 is 0 Å². The molecule has 0 saturated carbocycles. The second kappa shape index (κ2) is 7.01. The fourth-order valence-electron chi connectivity index (χ4n) is 2.00. The van der Waals surface area contributed by atoms with Gasteiger partial charge in [-0.15, -0.1) is 0 Å². The molecule has 1 N–H and O–H groups in total. The monoisotopic (exact) mass is 341 g/mol. The van der Waals surface area contributed by atoms with Crippen LogP contribution < -0.4 is 5.32 Å². The van der Waals surface area contributed by atoms with Crippen LogP contribution in [0.5, 0.6) is 0 Å². The molecular formula is C13H20BrN5O. The van der Waals surface area contributed by atoms with Crippen LogP contribution in [-0.2, 0) is 24.9 Å². The maximum Gasteiger partial charge on any atom is 0.0839 e. The standard InChI is InChI=1S/C13H20BrN5O/c1-10-13(14)12(18(2)17-10)9-19-8-11(7-16-19)6-15-4-5-20-3/h7-8,15H,4-6,9H2,1-3H3. The second-order valence-corrected chi connectivity index (χ2v) is 5.48. The van der Waals surface area contributed by atoms with E-state index in [1.165, 1.54) is 0 Å². The van der Waals surface area contributed by atoms with E-state index in [4.69, 9.17) is 4.74 Å². The Labute approximate surface area is 127 Å². The number of rotatable bonds is 7. The molecule has 0 amide bonds. The first kappa shape index (κ1) is 15.2. The summed E-state index contributed by atoms with van der Waals surface area (Å²) in [5.41, 5.74) is 3.27. The first-order valence-corrected chi connectivity index (χ1v) is 7.30. The maximum atomic E-state index is 4.99. The van der Waals surface area contributed by atoms with E-state index in [1.54, 1.807) is 7.11 Å². The molecule has 0 aromatic carbocycles. The van der Waals surface area contributed by atoms with Crippen LogP contribution >= 0.6 is 15.9 Å². The third-order valence-electron chi connectivity index (χ3n) is 3.07. The molecule has 2 aromatic heterocycles. The summed E-state index contributed by atoms with van der Waals surface area (Å²) < 4.78 is 9.86. The molecule has 0 aliphatic rings. The molecule has 0 atom stereocenters. The van der Waals surface area contributed by atoms with Gasteiger partial charge in [-0.05, 0) is 22.9 Å². The van der Waals surface area contributed by atoms with Gasteiger partial charge in [-0.25, -0.2) is 0 Å². The molecule has 0 aliphatic heterocycles. The molecule has 0 radical (unpaired) electrons. The molecule has 20 heavy (non-hydrogen) atoms. The summed E-state index contributed by atoms with van der Waals surface area (Å²) in [5.74, 6) is 0. The van der Waals surface area contributed by atoms with E-state index in [2.05, 4.69) is 37.6 Å². The Balaban J connectivity index is 1.95. The van der Waals surface area contributed by atoms with Crippen LogP contribution in [0.2, 0.25) is 0 Å². The summed E-state index contributed by atoms with van der Waals surface area (Å²) >= 11 is 3.57. The topological polar surface area (TPSA) is 56.9 Å². The van der Waals surface area contributed by atoms with Crippen molar-refractivity contribution in [3.63, 3.8) is 0 Å². The minimum atomic E-state index is 0.704. The van der Waals surface area contributed by atoms with Crippen molar-refractivity contribution in [2.45, 2.75) is 20.0 Å². The fourth-order valence-corrected chi connectivity index (χ4v) is 2.46. The van der Waals surface area contributed by atoms with Crippen molar-refractivity contribution in [3.05, 3.63) is 33.8 Å². The molecule has 2 heterocycles. The van der Waals surface area contributed by atoms with Gasteiger partial charge in [0.05, 0.1) is 35.2 Å². The summed E-state index contributed by atoms with van der Waals surface area (Å²) in [6.45, 7) is 5.05. The van der Waals surface area contributed by atoms with Crippen molar-refractivity contribution < 1.29 is 4.74 Å². The average Bonchev–Trinajstić information content (AvgIpc) is 2.96. The highest BCUT2D eigenvalue weighted by atomic mass is 79.9. The average molecular weight is 342 g/mol. The molecule has 2 rings (SSSR count). The Bertz CT molecular complexity index is 563. The van der Waals surface area contributed by atoms with Gasteiger partial charge in [0.2, 0.25) is 0 Å². The predicted octanol–water partition coefficient (Wildman–Crippen LogP) is 1.47. The van der Waals surface area contributed by atoms with E-state index in [-0.39, 0.29) is 0 Å². The number of hydrogen-bond donors (Lipinski definition) is 1. The first-order chi connectivity index (χ1) is 9.61. The summed E-state index contributed by atoms with van der Waals surface area (Å²) in [4.78, 5) is 0.